The molecule has 0 atom stereocenters. The van der Waals surface area contributed by atoms with Crippen molar-refractivity contribution in [2.24, 2.45) is 0 Å². The molecule has 0 aliphatic heterocycles. The first-order chi connectivity index (χ1) is 5.27. The molecular formula is C8H14O3. The van der Waals surface area contributed by atoms with Crippen molar-refractivity contribution in [1.82, 2.24) is 0 Å². The number of rotatable bonds is 6. The van der Waals surface area contributed by atoms with E-state index in [-0.39, 0.29) is 6.61 Å². The number of allylic oxidation sites excluding steroid dienone is 1. The molecule has 0 fully saturated rings. The zero-order valence-corrected chi connectivity index (χ0v) is 6.49. The third-order valence-electron chi connectivity index (χ3n) is 1.29. The molecule has 3 heteroatoms. The number of carboxylic acids is 1. The maximum atomic E-state index is 9.96. The lowest BCUT2D eigenvalue weighted by Gasteiger charge is -1.92. The Kier molecular flexibility index (Phi) is 6.73. The number of hydrogen-bond acceptors (Lipinski definition) is 2. The van der Waals surface area contributed by atoms with Gasteiger partial charge in [-0.25, -0.2) is 4.79 Å². The van der Waals surface area contributed by atoms with Gasteiger partial charge in [-0.05, 0) is 19.3 Å². The summed E-state index contributed by atoms with van der Waals surface area (Å²) < 4.78 is 0. The van der Waals surface area contributed by atoms with Crippen molar-refractivity contribution >= 4 is 5.97 Å². The fourth-order valence-corrected chi connectivity index (χ4v) is 0.735. The summed E-state index contributed by atoms with van der Waals surface area (Å²) >= 11 is 0. The Labute approximate surface area is 66.4 Å². The van der Waals surface area contributed by atoms with Gasteiger partial charge >= 0.3 is 5.97 Å². The molecule has 0 aliphatic rings. The molecule has 0 aromatic carbocycles. The van der Waals surface area contributed by atoms with Crippen LogP contribution in [0.25, 0.3) is 0 Å². The molecule has 0 aromatic rings. The van der Waals surface area contributed by atoms with Gasteiger partial charge in [0.25, 0.3) is 0 Å². The van der Waals surface area contributed by atoms with Crippen molar-refractivity contribution in [2.45, 2.75) is 25.7 Å². The highest BCUT2D eigenvalue weighted by atomic mass is 16.4. The topological polar surface area (TPSA) is 57.5 Å². The molecule has 2 N–H and O–H groups in total. The highest BCUT2D eigenvalue weighted by Gasteiger charge is 1.86. The van der Waals surface area contributed by atoms with E-state index in [4.69, 9.17) is 10.2 Å². The van der Waals surface area contributed by atoms with E-state index in [1.165, 1.54) is 0 Å². The number of unbranched alkanes of at least 4 members (excludes halogenated alkanes) is 3. The Morgan fingerprint density at radius 2 is 2.00 bits per heavy atom. The van der Waals surface area contributed by atoms with Gasteiger partial charge in [0.05, 0.1) is 0 Å². The molecular weight excluding hydrogens is 144 g/mol. The van der Waals surface area contributed by atoms with Gasteiger partial charge in [-0.15, -0.1) is 0 Å². The number of carbonyl (C=O) groups is 1. The fraction of sp³-hybridized carbons (Fsp3) is 0.625. The van der Waals surface area contributed by atoms with Crippen molar-refractivity contribution in [3.05, 3.63) is 12.2 Å². The number of aliphatic carboxylic acids is 1. The Morgan fingerprint density at radius 1 is 1.27 bits per heavy atom. The van der Waals surface area contributed by atoms with E-state index in [0.29, 0.717) is 0 Å². The predicted octanol–water partition coefficient (Wildman–Crippen LogP) is 1.18. The minimum absolute atomic E-state index is 0.225. The summed E-state index contributed by atoms with van der Waals surface area (Å²) in [7, 11) is 0. The summed E-state index contributed by atoms with van der Waals surface area (Å²) in [5.74, 6) is -0.896. The monoisotopic (exact) mass is 158 g/mol. The molecule has 0 bridgehead atoms. The van der Waals surface area contributed by atoms with Crippen LogP contribution >= 0.6 is 0 Å². The Morgan fingerprint density at radius 3 is 2.55 bits per heavy atom. The third kappa shape index (κ3) is 9.17. The summed E-state index contributed by atoms with van der Waals surface area (Å²) in [6.07, 6.45) is 6.29. The molecule has 64 valence electrons. The Bertz CT molecular complexity index is 129. The van der Waals surface area contributed by atoms with Crippen LogP contribution < -0.4 is 0 Å². The normalized spacial score (nSPS) is 10.6. The molecule has 0 rings (SSSR count). The van der Waals surface area contributed by atoms with Crippen LogP contribution in [-0.2, 0) is 4.79 Å². The van der Waals surface area contributed by atoms with E-state index in [0.717, 1.165) is 31.8 Å². The summed E-state index contributed by atoms with van der Waals surface area (Å²) in [6, 6.07) is 0. The molecule has 0 amide bonds. The number of hydrogen-bond donors (Lipinski definition) is 2. The quantitative estimate of drug-likeness (QED) is 0.450. The van der Waals surface area contributed by atoms with E-state index in [1.807, 2.05) is 0 Å². The largest absolute Gasteiger partial charge is 0.478 e. The van der Waals surface area contributed by atoms with Crippen molar-refractivity contribution in [3.8, 4) is 0 Å². The molecule has 11 heavy (non-hydrogen) atoms. The van der Waals surface area contributed by atoms with Gasteiger partial charge in [0, 0.05) is 12.7 Å². The second-order valence-electron chi connectivity index (χ2n) is 2.31. The number of carboxylic acid groups (broad SMARTS) is 1. The molecule has 0 radical (unpaired) electrons. The zero-order valence-electron chi connectivity index (χ0n) is 6.49. The maximum absolute atomic E-state index is 9.96. The van der Waals surface area contributed by atoms with E-state index in [9.17, 15) is 4.79 Å². The summed E-state index contributed by atoms with van der Waals surface area (Å²) in [5, 5.41) is 16.6. The summed E-state index contributed by atoms with van der Waals surface area (Å²) in [6.45, 7) is 0.225. The Balaban J connectivity index is 3.07. The smallest absolute Gasteiger partial charge is 0.327 e. The van der Waals surface area contributed by atoms with Gasteiger partial charge < -0.3 is 10.2 Å². The predicted molar refractivity (Wildman–Crippen MR) is 42.3 cm³/mol. The van der Waals surface area contributed by atoms with Gasteiger partial charge in [0.2, 0.25) is 0 Å². The van der Waals surface area contributed by atoms with Crippen molar-refractivity contribution < 1.29 is 15.0 Å². The number of aliphatic hydroxyl groups is 1. The van der Waals surface area contributed by atoms with Crippen LogP contribution in [0.3, 0.4) is 0 Å². The Hall–Kier alpha value is -0.830. The highest BCUT2D eigenvalue weighted by Crippen LogP contribution is 1.99. The minimum Gasteiger partial charge on any atom is -0.478 e. The second kappa shape index (κ2) is 7.28. The molecule has 0 heterocycles. The van der Waals surface area contributed by atoms with Crippen molar-refractivity contribution in [3.63, 3.8) is 0 Å². The molecule has 0 saturated heterocycles. The minimum atomic E-state index is -0.896. The maximum Gasteiger partial charge on any atom is 0.327 e. The molecule has 0 aliphatic carbocycles. The summed E-state index contributed by atoms with van der Waals surface area (Å²) in [4.78, 5) is 9.96. The summed E-state index contributed by atoms with van der Waals surface area (Å²) in [5.41, 5.74) is 0. The first-order valence-corrected chi connectivity index (χ1v) is 3.77. The average Bonchev–Trinajstić information content (AvgIpc) is 1.96. The van der Waals surface area contributed by atoms with E-state index >= 15 is 0 Å². The van der Waals surface area contributed by atoms with E-state index in [1.54, 1.807) is 6.08 Å². The van der Waals surface area contributed by atoms with Gasteiger partial charge in [-0.3, -0.25) is 0 Å². The SMILES string of the molecule is O=C(O)C=CCCCCCO. The number of aliphatic hydroxyl groups excluding tert-OH is 1. The van der Waals surface area contributed by atoms with Crippen LogP contribution in [0.1, 0.15) is 25.7 Å². The second-order valence-corrected chi connectivity index (χ2v) is 2.31. The first kappa shape index (κ1) is 10.2. The standard InChI is InChI=1S/C8H14O3/c9-7-5-3-1-2-4-6-8(10)11/h4,6,9H,1-3,5,7H2,(H,10,11). The lowest BCUT2D eigenvalue weighted by molar-refractivity contribution is -0.131. The van der Waals surface area contributed by atoms with Crippen LogP contribution in [0.2, 0.25) is 0 Å². The molecule has 0 saturated carbocycles. The van der Waals surface area contributed by atoms with E-state index < -0.39 is 5.97 Å². The molecule has 0 unspecified atom stereocenters. The zero-order chi connectivity index (χ0) is 8.53. The van der Waals surface area contributed by atoms with Gasteiger partial charge in [-0.1, -0.05) is 12.5 Å². The highest BCUT2D eigenvalue weighted by molar-refractivity contribution is 5.79. The fourth-order valence-electron chi connectivity index (χ4n) is 0.735. The van der Waals surface area contributed by atoms with Crippen LogP contribution in [0.4, 0.5) is 0 Å². The lowest BCUT2D eigenvalue weighted by Crippen LogP contribution is -1.86. The van der Waals surface area contributed by atoms with Gasteiger partial charge in [0.15, 0.2) is 0 Å². The van der Waals surface area contributed by atoms with E-state index in [2.05, 4.69) is 0 Å². The van der Waals surface area contributed by atoms with Crippen LogP contribution in [0, 0.1) is 0 Å². The van der Waals surface area contributed by atoms with Crippen molar-refractivity contribution in [2.75, 3.05) is 6.61 Å². The van der Waals surface area contributed by atoms with Crippen LogP contribution in [0.15, 0.2) is 12.2 Å². The van der Waals surface area contributed by atoms with Gasteiger partial charge in [0.1, 0.15) is 0 Å². The van der Waals surface area contributed by atoms with Crippen LogP contribution in [-0.4, -0.2) is 22.8 Å². The lowest BCUT2D eigenvalue weighted by atomic mass is 10.2. The van der Waals surface area contributed by atoms with Crippen LogP contribution in [0.5, 0.6) is 0 Å². The first-order valence-electron chi connectivity index (χ1n) is 3.77. The third-order valence-corrected chi connectivity index (χ3v) is 1.29. The molecule has 0 aromatic heterocycles. The average molecular weight is 158 g/mol. The molecule has 0 spiro atoms. The van der Waals surface area contributed by atoms with Gasteiger partial charge in [-0.2, -0.15) is 0 Å². The van der Waals surface area contributed by atoms with Crippen molar-refractivity contribution in [1.29, 1.82) is 0 Å². The molecule has 3 nitrogen and oxygen atoms in total.